The highest BCUT2D eigenvalue weighted by molar-refractivity contribution is 5.80. The van der Waals surface area contributed by atoms with E-state index in [1.807, 2.05) is 19.9 Å². The van der Waals surface area contributed by atoms with E-state index in [9.17, 15) is 9.59 Å². The van der Waals surface area contributed by atoms with Gasteiger partial charge in [0.15, 0.2) is 11.5 Å². The molecular weight excluding hydrogens is 274 g/mol. The maximum Gasteiger partial charge on any atom is 0.305 e. The molecule has 0 radical (unpaired) electrons. The zero-order valence-electron chi connectivity index (χ0n) is 12.2. The normalized spacial score (nSPS) is 12.5. The number of carbonyl (C=O) groups excluding carboxylic acids is 1. The van der Waals surface area contributed by atoms with Gasteiger partial charge < -0.3 is 19.5 Å². The summed E-state index contributed by atoms with van der Waals surface area (Å²) in [5, 5.41) is 8.75. The Kier molecular flexibility index (Phi) is 4.67. The fourth-order valence-corrected chi connectivity index (χ4v) is 2.21. The first kappa shape index (κ1) is 15.2. The van der Waals surface area contributed by atoms with Crippen LogP contribution < -0.4 is 9.47 Å². The molecule has 21 heavy (non-hydrogen) atoms. The second-order valence-corrected chi connectivity index (χ2v) is 5.19. The van der Waals surface area contributed by atoms with E-state index in [-0.39, 0.29) is 38.1 Å². The number of benzene rings is 1. The highest BCUT2D eigenvalue weighted by Gasteiger charge is 2.20. The third-order valence-electron chi connectivity index (χ3n) is 3.30. The molecule has 6 heteroatoms. The zero-order chi connectivity index (χ0) is 15.4. The Morgan fingerprint density at radius 1 is 1.29 bits per heavy atom. The molecule has 0 aliphatic carbocycles. The SMILES string of the molecule is CC(C)N(CCC(=O)O)C(=O)Cc1ccc2c(c1)OCO2. The lowest BCUT2D eigenvalue weighted by molar-refractivity contribution is -0.139. The summed E-state index contributed by atoms with van der Waals surface area (Å²) in [6, 6.07) is 5.35. The second-order valence-electron chi connectivity index (χ2n) is 5.19. The fourth-order valence-electron chi connectivity index (χ4n) is 2.21. The number of carboxylic acids is 1. The Hall–Kier alpha value is -2.24. The van der Waals surface area contributed by atoms with Crippen molar-refractivity contribution in [3.8, 4) is 11.5 Å². The number of rotatable bonds is 6. The monoisotopic (exact) mass is 293 g/mol. The molecule has 0 bridgehead atoms. The van der Waals surface area contributed by atoms with E-state index in [2.05, 4.69) is 0 Å². The van der Waals surface area contributed by atoms with Crippen molar-refractivity contribution < 1.29 is 24.2 Å². The van der Waals surface area contributed by atoms with Crippen LogP contribution in [0.1, 0.15) is 25.8 Å². The average molecular weight is 293 g/mol. The first-order valence-corrected chi connectivity index (χ1v) is 6.87. The molecule has 2 rings (SSSR count). The van der Waals surface area contributed by atoms with Crippen LogP contribution in [0.4, 0.5) is 0 Å². The second kappa shape index (κ2) is 6.47. The molecule has 114 valence electrons. The lowest BCUT2D eigenvalue weighted by Crippen LogP contribution is -2.39. The minimum absolute atomic E-state index is 0.0362. The van der Waals surface area contributed by atoms with E-state index in [0.717, 1.165) is 5.56 Å². The van der Waals surface area contributed by atoms with Gasteiger partial charge in [-0.2, -0.15) is 0 Å². The van der Waals surface area contributed by atoms with Crippen LogP contribution in [0.15, 0.2) is 18.2 Å². The van der Waals surface area contributed by atoms with E-state index in [4.69, 9.17) is 14.6 Å². The van der Waals surface area contributed by atoms with Gasteiger partial charge >= 0.3 is 5.97 Å². The van der Waals surface area contributed by atoms with Crippen LogP contribution in [-0.4, -0.2) is 41.3 Å². The van der Waals surface area contributed by atoms with Crippen molar-refractivity contribution >= 4 is 11.9 Å². The van der Waals surface area contributed by atoms with Crippen molar-refractivity contribution in [3.05, 3.63) is 23.8 Å². The number of carboxylic acid groups (broad SMARTS) is 1. The summed E-state index contributed by atoms with van der Waals surface area (Å²) in [6.07, 6.45) is 0.166. The highest BCUT2D eigenvalue weighted by atomic mass is 16.7. The van der Waals surface area contributed by atoms with Crippen molar-refractivity contribution in [3.63, 3.8) is 0 Å². The Bertz CT molecular complexity index is 541. The Morgan fingerprint density at radius 3 is 2.67 bits per heavy atom. The summed E-state index contributed by atoms with van der Waals surface area (Å²) in [5.41, 5.74) is 0.824. The molecule has 1 aliphatic heterocycles. The number of carbonyl (C=O) groups is 2. The van der Waals surface area contributed by atoms with E-state index >= 15 is 0 Å². The smallest absolute Gasteiger partial charge is 0.305 e. The summed E-state index contributed by atoms with van der Waals surface area (Å²) < 4.78 is 10.5. The van der Waals surface area contributed by atoms with Crippen LogP contribution >= 0.6 is 0 Å². The lowest BCUT2D eigenvalue weighted by atomic mass is 10.1. The third kappa shape index (κ3) is 3.87. The summed E-state index contributed by atoms with van der Waals surface area (Å²) >= 11 is 0. The molecule has 1 heterocycles. The van der Waals surface area contributed by atoms with Gasteiger partial charge in [0, 0.05) is 12.6 Å². The van der Waals surface area contributed by atoms with Gasteiger partial charge in [-0.25, -0.2) is 0 Å². The Morgan fingerprint density at radius 2 is 2.00 bits per heavy atom. The number of fused-ring (bicyclic) bond motifs is 1. The average Bonchev–Trinajstić information content (AvgIpc) is 2.85. The van der Waals surface area contributed by atoms with Crippen LogP contribution in [0.5, 0.6) is 11.5 Å². The van der Waals surface area contributed by atoms with Crippen molar-refractivity contribution in [2.45, 2.75) is 32.7 Å². The maximum atomic E-state index is 12.3. The summed E-state index contributed by atoms with van der Waals surface area (Å²) in [6.45, 7) is 4.17. The maximum absolute atomic E-state index is 12.3. The molecule has 6 nitrogen and oxygen atoms in total. The van der Waals surface area contributed by atoms with Crippen LogP contribution in [0, 0.1) is 0 Å². The first-order valence-electron chi connectivity index (χ1n) is 6.87. The van der Waals surface area contributed by atoms with Crippen molar-refractivity contribution in [1.29, 1.82) is 0 Å². The number of aliphatic carboxylic acids is 1. The molecule has 0 fully saturated rings. The van der Waals surface area contributed by atoms with Gasteiger partial charge in [-0.15, -0.1) is 0 Å². The van der Waals surface area contributed by atoms with E-state index in [0.29, 0.717) is 11.5 Å². The van der Waals surface area contributed by atoms with Gasteiger partial charge in [-0.3, -0.25) is 9.59 Å². The quantitative estimate of drug-likeness (QED) is 0.863. The molecule has 1 N–H and O–H groups in total. The number of hydrogen-bond acceptors (Lipinski definition) is 4. The molecule has 0 spiro atoms. The van der Waals surface area contributed by atoms with E-state index in [1.54, 1.807) is 17.0 Å². The molecule has 1 aromatic rings. The molecule has 0 unspecified atom stereocenters. The van der Waals surface area contributed by atoms with Crippen LogP contribution in [0.3, 0.4) is 0 Å². The predicted molar refractivity (Wildman–Crippen MR) is 75.4 cm³/mol. The van der Waals surface area contributed by atoms with Gasteiger partial charge in [0.1, 0.15) is 0 Å². The summed E-state index contributed by atoms with van der Waals surface area (Å²) in [5.74, 6) is 0.321. The molecule has 0 aromatic heterocycles. The first-order chi connectivity index (χ1) is 9.97. The van der Waals surface area contributed by atoms with Gasteiger partial charge in [0.05, 0.1) is 12.8 Å². The van der Waals surface area contributed by atoms with E-state index < -0.39 is 5.97 Å². The van der Waals surface area contributed by atoms with E-state index in [1.165, 1.54) is 0 Å². The number of amides is 1. The van der Waals surface area contributed by atoms with Gasteiger partial charge in [-0.1, -0.05) is 6.07 Å². The van der Waals surface area contributed by atoms with Crippen molar-refractivity contribution in [2.75, 3.05) is 13.3 Å². The topological polar surface area (TPSA) is 76.1 Å². The molecule has 1 amide bonds. The third-order valence-corrected chi connectivity index (χ3v) is 3.30. The minimum Gasteiger partial charge on any atom is -0.481 e. The molecular formula is C15H19NO5. The highest BCUT2D eigenvalue weighted by Crippen LogP contribution is 2.32. The largest absolute Gasteiger partial charge is 0.481 e. The molecule has 0 saturated carbocycles. The van der Waals surface area contributed by atoms with Crippen LogP contribution in [-0.2, 0) is 16.0 Å². The summed E-state index contributed by atoms with van der Waals surface area (Å²) in [4.78, 5) is 24.6. The Balaban J connectivity index is 2.02. The van der Waals surface area contributed by atoms with Gasteiger partial charge in [0.2, 0.25) is 12.7 Å². The Labute approximate surface area is 123 Å². The summed E-state index contributed by atoms with van der Waals surface area (Å²) in [7, 11) is 0. The number of hydrogen-bond donors (Lipinski definition) is 1. The van der Waals surface area contributed by atoms with Crippen molar-refractivity contribution in [2.24, 2.45) is 0 Å². The molecule has 0 atom stereocenters. The number of ether oxygens (including phenoxy) is 2. The van der Waals surface area contributed by atoms with Crippen LogP contribution in [0.2, 0.25) is 0 Å². The number of nitrogens with zero attached hydrogens (tertiary/aromatic N) is 1. The molecule has 0 saturated heterocycles. The standard InChI is InChI=1S/C15H19NO5/c1-10(2)16(6-5-15(18)19)14(17)8-11-3-4-12-13(7-11)21-9-20-12/h3-4,7,10H,5-6,8-9H2,1-2H3,(H,18,19). The van der Waals surface area contributed by atoms with Crippen LogP contribution in [0.25, 0.3) is 0 Å². The molecule has 1 aromatic carbocycles. The van der Waals surface area contributed by atoms with Gasteiger partial charge in [0.25, 0.3) is 0 Å². The van der Waals surface area contributed by atoms with Gasteiger partial charge in [-0.05, 0) is 31.5 Å². The predicted octanol–water partition coefficient (Wildman–Crippen LogP) is 1.67. The fraction of sp³-hybridized carbons (Fsp3) is 0.467. The zero-order valence-corrected chi connectivity index (χ0v) is 12.2. The molecule has 1 aliphatic rings. The minimum atomic E-state index is -0.906. The lowest BCUT2D eigenvalue weighted by Gasteiger charge is -2.26. The van der Waals surface area contributed by atoms with Crippen molar-refractivity contribution in [1.82, 2.24) is 4.90 Å².